The van der Waals surface area contributed by atoms with Crippen LogP contribution in [0.15, 0.2) is 30.3 Å². The van der Waals surface area contributed by atoms with E-state index in [9.17, 15) is 4.79 Å². The van der Waals surface area contributed by atoms with Gasteiger partial charge >= 0.3 is 0 Å². The number of likely N-dealkylation sites (N-methyl/N-ethyl adjacent to an activating group) is 1. The number of hydrogen-bond acceptors (Lipinski definition) is 3. The van der Waals surface area contributed by atoms with Crippen molar-refractivity contribution in [3.63, 3.8) is 0 Å². The maximum absolute atomic E-state index is 12.4. The molecule has 20 heavy (non-hydrogen) atoms. The van der Waals surface area contributed by atoms with Crippen LogP contribution >= 0.6 is 0 Å². The van der Waals surface area contributed by atoms with E-state index in [1.165, 1.54) is 0 Å². The van der Waals surface area contributed by atoms with E-state index in [0.29, 0.717) is 6.42 Å². The lowest BCUT2D eigenvalue weighted by Gasteiger charge is -2.26. The van der Waals surface area contributed by atoms with Gasteiger partial charge in [0.25, 0.3) is 0 Å². The summed E-state index contributed by atoms with van der Waals surface area (Å²) in [6, 6.07) is 9.49. The van der Waals surface area contributed by atoms with Crippen LogP contribution in [0.25, 0.3) is 0 Å². The number of hydrogen-bond donors (Lipinski definition) is 1. The predicted octanol–water partition coefficient (Wildman–Crippen LogP) is 1.36. The van der Waals surface area contributed by atoms with E-state index in [-0.39, 0.29) is 5.91 Å². The van der Waals surface area contributed by atoms with Gasteiger partial charge in [0.1, 0.15) is 0 Å². The first-order valence-corrected chi connectivity index (χ1v) is 7.27. The standard InChI is InChI=1S/C16H27N3O/c1-4-10-19(12-11-18(2)3)16(20)15(17)13-14-8-6-5-7-9-14/h5-9,15H,4,10-13,17H2,1-3H3/t15-/m0/s1. The van der Waals surface area contributed by atoms with Crippen LogP contribution in [0.1, 0.15) is 18.9 Å². The van der Waals surface area contributed by atoms with E-state index in [1.54, 1.807) is 0 Å². The quantitative estimate of drug-likeness (QED) is 0.780. The summed E-state index contributed by atoms with van der Waals surface area (Å²) >= 11 is 0. The van der Waals surface area contributed by atoms with Crippen molar-refractivity contribution in [3.05, 3.63) is 35.9 Å². The maximum Gasteiger partial charge on any atom is 0.239 e. The molecule has 0 aliphatic rings. The summed E-state index contributed by atoms with van der Waals surface area (Å²) in [5.41, 5.74) is 7.19. The average Bonchev–Trinajstić information content (AvgIpc) is 2.43. The van der Waals surface area contributed by atoms with Crippen LogP contribution in [0.5, 0.6) is 0 Å². The number of nitrogens with two attached hydrogens (primary N) is 1. The summed E-state index contributed by atoms with van der Waals surface area (Å²) in [5, 5.41) is 0. The van der Waals surface area contributed by atoms with Gasteiger partial charge in [0.05, 0.1) is 6.04 Å². The van der Waals surface area contributed by atoms with Crippen LogP contribution in [0, 0.1) is 0 Å². The van der Waals surface area contributed by atoms with Crippen molar-refractivity contribution < 1.29 is 4.79 Å². The van der Waals surface area contributed by atoms with Crippen LogP contribution < -0.4 is 5.73 Å². The molecule has 0 spiro atoms. The average molecular weight is 277 g/mol. The van der Waals surface area contributed by atoms with Crippen molar-refractivity contribution in [3.8, 4) is 0 Å². The Labute approximate surface area is 122 Å². The zero-order chi connectivity index (χ0) is 15.0. The molecule has 0 fully saturated rings. The fourth-order valence-corrected chi connectivity index (χ4v) is 2.11. The second-order valence-electron chi connectivity index (χ2n) is 5.42. The molecule has 0 aromatic heterocycles. The van der Waals surface area contributed by atoms with Crippen molar-refractivity contribution >= 4 is 5.91 Å². The molecular formula is C16H27N3O. The lowest BCUT2D eigenvalue weighted by molar-refractivity contribution is -0.132. The number of rotatable bonds is 8. The first kappa shape index (κ1) is 16.7. The molecule has 0 heterocycles. The predicted molar refractivity (Wildman–Crippen MR) is 83.5 cm³/mol. The monoisotopic (exact) mass is 277 g/mol. The first-order valence-electron chi connectivity index (χ1n) is 7.27. The molecule has 1 amide bonds. The Balaban J connectivity index is 2.58. The Bertz CT molecular complexity index is 392. The Kier molecular flexibility index (Phi) is 7.26. The van der Waals surface area contributed by atoms with Gasteiger partial charge in [0.15, 0.2) is 0 Å². The Morgan fingerprint density at radius 2 is 1.80 bits per heavy atom. The van der Waals surface area contributed by atoms with Crippen LogP contribution in [-0.4, -0.2) is 55.5 Å². The van der Waals surface area contributed by atoms with Crippen molar-refractivity contribution in [2.45, 2.75) is 25.8 Å². The van der Waals surface area contributed by atoms with E-state index < -0.39 is 6.04 Å². The van der Waals surface area contributed by atoms with E-state index >= 15 is 0 Å². The normalized spacial score (nSPS) is 12.4. The second-order valence-corrected chi connectivity index (χ2v) is 5.42. The fraction of sp³-hybridized carbons (Fsp3) is 0.562. The topological polar surface area (TPSA) is 49.6 Å². The molecule has 4 nitrogen and oxygen atoms in total. The molecular weight excluding hydrogens is 250 g/mol. The third-order valence-corrected chi connectivity index (χ3v) is 3.24. The largest absolute Gasteiger partial charge is 0.340 e. The van der Waals surface area contributed by atoms with E-state index in [4.69, 9.17) is 5.73 Å². The van der Waals surface area contributed by atoms with E-state index in [2.05, 4.69) is 11.8 Å². The highest BCUT2D eigenvalue weighted by Crippen LogP contribution is 2.05. The van der Waals surface area contributed by atoms with Gasteiger partial charge in [-0.3, -0.25) is 4.79 Å². The molecule has 0 saturated heterocycles. The molecule has 0 aliphatic carbocycles. The number of carbonyl (C=O) groups excluding carboxylic acids is 1. The molecule has 0 aliphatic heterocycles. The summed E-state index contributed by atoms with van der Waals surface area (Å²) in [6.07, 6.45) is 1.55. The van der Waals surface area contributed by atoms with Crippen molar-refractivity contribution in [1.29, 1.82) is 0 Å². The smallest absolute Gasteiger partial charge is 0.239 e. The van der Waals surface area contributed by atoms with Crippen LogP contribution in [0.3, 0.4) is 0 Å². The van der Waals surface area contributed by atoms with E-state index in [0.717, 1.165) is 31.6 Å². The zero-order valence-electron chi connectivity index (χ0n) is 12.9. The highest BCUT2D eigenvalue weighted by molar-refractivity contribution is 5.82. The lowest BCUT2D eigenvalue weighted by atomic mass is 10.1. The van der Waals surface area contributed by atoms with Crippen molar-refractivity contribution in [2.24, 2.45) is 5.73 Å². The van der Waals surface area contributed by atoms with Crippen molar-refractivity contribution in [1.82, 2.24) is 9.80 Å². The van der Waals surface area contributed by atoms with E-state index in [1.807, 2.05) is 49.3 Å². The highest BCUT2D eigenvalue weighted by Gasteiger charge is 2.20. The van der Waals surface area contributed by atoms with Gasteiger partial charge in [0, 0.05) is 19.6 Å². The molecule has 0 unspecified atom stereocenters. The van der Waals surface area contributed by atoms with Gasteiger partial charge in [-0.15, -0.1) is 0 Å². The Morgan fingerprint density at radius 1 is 1.15 bits per heavy atom. The van der Waals surface area contributed by atoms with Crippen LogP contribution in [0.4, 0.5) is 0 Å². The summed E-state index contributed by atoms with van der Waals surface area (Å²) in [4.78, 5) is 16.4. The van der Waals surface area contributed by atoms with Gasteiger partial charge < -0.3 is 15.5 Å². The number of amides is 1. The minimum absolute atomic E-state index is 0.0533. The highest BCUT2D eigenvalue weighted by atomic mass is 16.2. The molecule has 1 atom stereocenters. The zero-order valence-corrected chi connectivity index (χ0v) is 12.9. The second kappa shape index (κ2) is 8.72. The fourth-order valence-electron chi connectivity index (χ4n) is 2.11. The Hall–Kier alpha value is -1.39. The number of benzene rings is 1. The summed E-state index contributed by atoms with van der Waals surface area (Å²) in [6.45, 7) is 4.46. The minimum Gasteiger partial charge on any atom is -0.340 e. The summed E-state index contributed by atoms with van der Waals surface area (Å²) in [7, 11) is 4.02. The lowest BCUT2D eigenvalue weighted by Crippen LogP contribution is -2.47. The van der Waals surface area contributed by atoms with Gasteiger partial charge in [-0.25, -0.2) is 0 Å². The summed E-state index contributed by atoms with van der Waals surface area (Å²) in [5.74, 6) is 0.0533. The molecule has 0 radical (unpaired) electrons. The van der Waals surface area contributed by atoms with Gasteiger partial charge in [-0.1, -0.05) is 37.3 Å². The molecule has 1 rings (SSSR count). The molecule has 1 aromatic rings. The number of nitrogens with zero attached hydrogens (tertiary/aromatic N) is 2. The summed E-state index contributed by atoms with van der Waals surface area (Å²) < 4.78 is 0. The molecule has 112 valence electrons. The third kappa shape index (κ3) is 5.72. The maximum atomic E-state index is 12.4. The molecule has 2 N–H and O–H groups in total. The Morgan fingerprint density at radius 3 is 2.35 bits per heavy atom. The van der Waals surface area contributed by atoms with Gasteiger partial charge in [-0.05, 0) is 32.5 Å². The molecule has 0 saturated carbocycles. The molecule has 4 heteroatoms. The van der Waals surface area contributed by atoms with Crippen LogP contribution in [0.2, 0.25) is 0 Å². The first-order chi connectivity index (χ1) is 9.54. The van der Waals surface area contributed by atoms with Crippen molar-refractivity contribution in [2.75, 3.05) is 33.7 Å². The molecule has 0 bridgehead atoms. The molecule has 1 aromatic carbocycles. The SMILES string of the molecule is CCCN(CCN(C)C)C(=O)[C@@H](N)Cc1ccccc1. The van der Waals surface area contributed by atoms with Gasteiger partial charge in [0.2, 0.25) is 5.91 Å². The minimum atomic E-state index is -0.453. The number of carbonyl (C=O) groups is 1. The third-order valence-electron chi connectivity index (χ3n) is 3.24. The van der Waals surface area contributed by atoms with Gasteiger partial charge in [-0.2, -0.15) is 0 Å². The van der Waals surface area contributed by atoms with Crippen LogP contribution in [-0.2, 0) is 11.2 Å².